The fraction of sp³-hybridized carbons (Fsp3) is 0.410. The molecule has 0 aliphatic carbocycles. The highest BCUT2D eigenvalue weighted by atomic mass is 35.5. The van der Waals surface area contributed by atoms with E-state index in [1.165, 1.54) is 4.90 Å². The van der Waals surface area contributed by atoms with E-state index >= 15 is 0 Å². The fourth-order valence-electron chi connectivity index (χ4n) is 5.74. The Morgan fingerprint density at radius 2 is 1.46 bits per heavy atom. The minimum Gasteiger partial charge on any atom is -0.454 e. The van der Waals surface area contributed by atoms with Crippen molar-refractivity contribution in [2.75, 3.05) is 19.7 Å². The van der Waals surface area contributed by atoms with E-state index in [0.29, 0.717) is 36.3 Å². The van der Waals surface area contributed by atoms with Crippen LogP contribution in [0.25, 0.3) is 0 Å². The van der Waals surface area contributed by atoms with E-state index in [1.54, 1.807) is 45.0 Å². The normalized spacial score (nSPS) is 14.6. The average Bonchev–Trinajstić information content (AvgIpc) is 3.62. The maximum Gasteiger partial charge on any atom is 0.408 e. The Morgan fingerprint density at radius 1 is 0.827 bits per heavy atom. The van der Waals surface area contributed by atoms with E-state index in [0.717, 1.165) is 11.1 Å². The van der Waals surface area contributed by atoms with Gasteiger partial charge in [-0.05, 0) is 70.1 Å². The van der Waals surface area contributed by atoms with Crippen molar-refractivity contribution in [2.45, 2.75) is 83.2 Å². The van der Waals surface area contributed by atoms with Crippen molar-refractivity contribution in [1.29, 1.82) is 0 Å². The lowest BCUT2D eigenvalue weighted by atomic mass is 9.99. The Morgan fingerprint density at radius 3 is 2.10 bits per heavy atom. The van der Waals surface area contributed by atoms with Crippen LogP contribution in [-0.4, -0.2) is 72.3 Å². The predicted molar refractivity (Wildman–Crippen MR) is 195 cm³/mol. The highest BCUT2D eigenvalue weighted by Gasteiger charge is 2.39. The number of carbonyl (C=O) groups excluding carboxylic acids is 5. The zero-order chi connectivity index (χ0) is 37.5. The van der Waals surface area contributed by atoms with Gasteiger partial charge in [0.15, 0.2) is 6.61 Å². The van der Waals surface area contributed by atoms with Crippen molar-refractivity contribution >= 4 is 41.6 Å². The molecule has 1 aliphatic heterocycles. The molecule has 3 aromatic carbocycles. The molecule has 0 saturated carbocycles. The molecule has 1 aliphatic rings. The van der Waals surface area contributed by atoms with Crippen LogP contribution in [0.1, 0.15) is 75.6 Å². The van der Waals surface area contributed by atoms with Crippen LogP contribution in [0, 0.1) is 0 Å². The number of nitrogens with one attached hydrogen (secondary N) is 3. The molecular weight excluding hydrogens is 688 g/mol. The Labute approximate surface area is 309 Å². The second kappa shape index (κ2) is 19.5. The molecule has 4 amide bonds. The van der Waals surface area contributed by atoms with Gasteiger partial charge in [-0.2, -0.15) is 0 Å². The van der Waals surface area contributed by atoms with Crippen LogP contribution in [-0.2, 0) is 35.2 Å². The number of esters is 1. The Hall–Kier alpha value is -5.10. The van der Waals surface area contributed by atoms with E-state index < -0.39 is 60.3 Å². The van der Waals surface area contributed by atoms with Gasteiger partial charge in [0, 0.05) is 23.7 Å². The van der Waals surface area contributed by atoms with E-state index in [1.807, 2.05) is 60.7 Å². The van der Waals surface area contributed by atoms with E-state index in [-0.39, 0.29) is 26.1 Å². The molecule has 52 heavy (non-hydrogen) atoms. The summed E-state index contributed by atoms with van der Waals surface area (Å²) in [5.41, 5.74) is 1.62. The number of benzene rings is 3. The van der Waals surface area contributed by atoms with Crippen LogP contribution in [0.3, 0.4) is 0 Å². The molecule has 4 rings (SSSR count). The van der Waals surface area contributed by atoms with E-state index in [9.17, 15) is 24.0 Å². The molecule has 13 heteroatoms. The van der Waals surface area contributed by atoms with Crippen LogP contribution in [0.15, 0.2) is 84.9 Å². The summed E-state index contributed by atoms with van der Waals surface area (Å²) in [4.78, 5) is 66.5. The number of unbranched alkanes of at least 4 members (excludes halogenated alkanes) is 1. The smallest absolute Gasteiger partial charge is 0.408 e. The second-order valence-corrected chi connectivity index (χ2v) is 13.8. The van der Waals surface area contributed by atoms with Gasteiger partial charge in [-0.3, -0.25) is 9.59 Å². The Balaban J connectivity index is 1.31. The van der Waals surface area contributed by atoms with Gasteiger partial charge in [-0.15, -0.1) is 0 Å². The summed E-state index contributed by atoms with van der Waals surface area (Å²) < 4.78 is 16.1. The zero-order valence-corrected chi connectivity index (χ0v) is 30.5. The van der Waals surface area contributed by atoms with Crippen molar-refractivity contribution < 1.29 is 38.2 Å². The number of hydrogen-bond donors (Lipinski definition) is 3. The topological polar surface area (TPSA) is 152 Å². The summed E-state index contributed by atoms with van der Waals surface area (Å²) in [5, 5.41) is 8.78. The molecule has 1 fully saturated rings. The van der Waals surface area contributed by atoms with Crippen LogP contribution in [0.5, 0.6) is 0 Å². The van der Waals surface area contributed by atoms with Gasteiger partial charge in [0.1, 0.15) is 24.3 Å². The lowest BCUT2D eigenvalue weighted by molar-refractivity contribution is -0.156. The lowest BCUT2D eigenvalue weighted by Gasteiger charge is -2.29. The maximum absolute atomic E-state index is 13.8. The molecule has 12 nitrogen and oxygen atoms in total. The van der Waals surface area contributed by atoms with Crippen LogP contribution in [0.2, 0.25) is 5.02 Å². The van der Waals surface area contributed by atoms with Crippen LogP contribution >= 0.6 is 11.6 Å². The third-order valence-electron chi connectivity index (χ3n) is 8.22. The van der Waals surface area contributed by atoms with Gasteiger partial charge in [0.05, 0.1) is 6.04 Å². The largest absolute Gasteiger partial charge is 0.454 e. The highest BCUT2D eigenvalue weighted by molar-refractivity contribution is 6.31. The fourth-order valence-corrected chi connectivity index (χ4v) is 5.93. The van der Waals surface area contributed by atoms with Gasteiger partial charge in [-0.1, -0.05) is 90.5 Å². The average molecular weight is 735 g/mol. The molecule has 1 heterocycles. The number of hydrogen-bond acceptors (Lipinski definition) is 8. The first-order valence-electron chi connectivity index (χ1n) is 17.4. The van der Waals surface area contributed by atoms with Gasteiger partial charge in [0.25, 0.3) is 5.91 Å². The minimum atomic E-state index is -1.00. The Kier molecular flexibility index (Phi) is 14.9. The van der Waals surface area contributed by atoms with Gasteiger partial charge in [-0.25, -0.2) is 14.4 Å². The molecule has 0 unspecified atom stereocenters. The number of likely N-dealkylation sites (tertiary alicyclic amines) is 1. The summed E-state index contributed by atoms with van der Waals surface area (Å²) in [6.45, 7) is 5.18. The monoisotopic (exact) mass is 734 g/mol. The van der Waals surface area contributed by atoms with E-state index in [4.69, 9.17) is 25.8 Å². The first kappa shape index (κ1) is 39.7. The summed E-state index contributed by atoms with van der Waals surface area (Å²) in [7, 11) is 0. The first-order valence-corrected chi connectivity index (χ1v) is 17.8. The van der Waals surface area contributed by atoms with Crippen LogP contribution < -0.4 is 16.0 Å². The minimum absolute atomic E-state index is 0.0217. The molecule has 278 valence electrons. The molecule has 0 aromatic heterocycles. The van der Waals surface area contributed by atoms with Crippen molar-refractivity contribution in [3.63, 3.8) is 0 Å². The SMILES string of the molecule is CC(C)(C)OC(=O)N[C@@H](CCCCNC(=O)OCc1ccccc1Cl)C(=O)N1CCC[C@H]1C(=O)OCC(=O)NC(c1ccccc1)c1ccccc1. The second-order valence-electron chi connectivity index (χ2n) is 13.4. The molecule has 0 radical (unpaired) electrons. The van der Waals surface area contributed by atoms with Gasteiger partial charge in [0.2, 0.25) is 5.91 Å². The molecule has 3 aromatic rings. The van der Waals surface area contributed by atoms with E-state index in [2.05, 4.69) is 16.0 Å². The quantitative estimate of drug-likeness (QED) is 0.0967. The number of halogens is 1. The predicted octanol–water partition coefficient (Wildman–Crippen LogP) is 6.07. The summed E-state index contributed by atoms with van der Waals surface area (Å²) >= 11 is 6.11. The van der Waals surface area contributed by atoms with Crippen molar-refractivity contribution in [2.24, 2.45) is 0 Å². The van der Waals surface area contributed by atoms with Crippen molar-refractivity contribution in [1.82, 2.24) is 20.9 Å². The van der Waals surface area contributed by atoms with Crippen molar-refractivity contribution in [3.8, 4) is 0 Å². The lowest BCUT2D eigenvalue weighted by Crippen LogP contribution is -2.52. The molecule has 0 bridgehead atoms. The number of alkyl carbamates (subject to hydrolysis) is 2. The number of nitrogens with zero attached hydrogens (tertiary/aromatic N) is 1. The van der Waals surface area contributed by atoms with Gasteiger partial charge < -0.3 is 35.1 Å². The molecule has 1 saturated heterocycles. The Bertz CT molecular complexity index is 1610. The summed E-state index contributed by atoms with van der Waals surface area (Å²) in [6, 6.07) is 23.6. The standard InChI is InChI=1S/C39H47ClN4O8/c1-39(2,3)52-38(49)42-31(21-12-13-23-41-37(48)51-25-29-19-10-11-20-30(29)40)35(46)44-24-14-22-32(44)36(47)50-26-33(45)43-34(27-15-6-4-7-16-27)28-17-8-5-9-18-28/h4-11,15-20,31-32,34H,12-14,21-26H2,1-3H3,(H,41,48)(H,42,49)(H,43,45)/t31-,32-/m0/s1. The summed E-state index contributed by atoms with van der Waals surface area (Å²) in [6.07, 6.45) is 0.660. The third-order valence-corrected chi connectivity index (χ3v) is 8.59. The van der Waals surface area contributed by atoms with Crippen LogP contribution in [0.4, 0.5) is 9.59 Å². The maximum atomic E-state index is 13.8. The number of carbonyl (C=O) groups is 5. The molecular formula is C39H47ClN4O8. The number of ether oxygens (including phenoxy) is 3. The van der Waals surface area contributed by atoms with Gasteiger partial charge >= 0.3 is 18.2 Å². The summed E-state index contributed by atoms with van der Waals surface area (Å²) in [5.74, 6) is -1.66. The molecule has 3 N–H and O–H groups in total. The first-order chi connectivity index (χ1) is 24.9. The number of rotatable bonds is 15. The highest BCUT2D eigenvalue weighted by Crippen LogP contribution is 2.23. The third kappa shape index (κ3) is 12.6. The van der Waals surface area contributed by atoms with Crippen molar-refractivity contribution in [3.05, 3.63) is 107 Å². The number of amides is 4. The zero-order valence-electron chi connectivity index (χ0n) is 29.8. The molecule has 0 spiro atoms. The molecule has 2 atom stereocenters.